The topological polar surface area (TPSA) is 55.8 Å². The summed E-state index contributed by atoms with van der Waals surface area (Å²) in [6.45, 7) is 3.92. The van der Waals surface area contributed by atoms with E-state index in [0.717, 1.165) is 30.8 Å². The molecule has 1 saturated carbocycles. The van der Waals surface area contributed by atoms with E-state index in [9.17, 15) is 8.42 Å². The SMILES string of the molecule is COc1ccc(OC[C@@H]2[C@@H]3CC[C@H](C3)N2S(=O)(=O)C(C)C)cc1. The van der Waals surface area contributed by atoms with Gasteiger partial charge in [-0.05, 0) is 63.3 Å². The molecule has 0 radical (unpaired) electrons. The Morgan fingerprint density at radius 2 is 1.83 bits per heavy atom. The number of rotatable bonds is 6. The van der Waals surface area contributed by atoms with E-state index in [-0.39, 0.29) is 17.3 Å². The highest BCUT2D eigenvalue weighted by Crippen LogP contribution is 2.44. The van der Waals surface area contributed by atoms with Crippen molar-refractivity contribution in [2.75, 3.05) is 13.7 Å². The maximum Gasteiger partial charge on any atom is 0.217 e. The van der Waals surface area contributed by atoms with Gasteiger partial charge in [0.15, 0.2) is 0 Å². The molecule has 0 aromatic heterocycles. The minimum absolute atomic E-state index is 0.0387. The van der Waals surface area contributed by atoms with Crippen LogP contribution in [0.1, 0.15) is 33.1 Å². The predicted octanol–water partition coefficient (Wildman–Crippen LogP) is 2.67. The molecule has 0 spiro atoms. The Labute approximate surface area is 138 Å². The Kier molecular flexibility index (Phi) is 4.56. The van der Waals surface area contributed by atoms with E-state index in [0.29, 0.717) is 12.5 Å². The predicted molar refractivity (Wildman–Crippen MR) is 89.3 cm³/mol. The molecule has 1 aromatic carbocycles. The fourth-order valence-electron chi connectivity index (χ4n) is 3.75. The zero-order valence-electron chi connectivity index (χ0n) is 13.9. The molecule has 0 unspecified atom stereocenters. The van der Waals surface area contributed by atoms with Crippen LogP contribution in [0, 0.1) is 5.92 Å². The third-order valence-electron chi connectivity index (χ3n) is 5.05. The van der Waals surface area contributed by atoms with E-state index in [1.165, 1.54) is 0 Å². The van der Waals surface area contributed by atoms with E-state index in [2.05, 4.69) is 0 Å². The van der Waals surface area contributed by atoms with Gasteiger partial charge in [-0.1, -0.05) is 0 Å². The number of nitrogens with zero attached hydrogens (tertiary/aromatic N) is 1. The molecule has 23 heavy (non-hydrogen) atoms. The molecule has 1 aliphatic heterocycles. The van der Waals surface area contributed by atoms with Gasteiger partial charge in [-0.25, -0.2) is 8.42 Å². The number of piperidine rings is 1. The number of hydrogen-bond donors (Lipinski definition) is 0. The highest BCUT2D eigenvalue weighted by molar-refractivity contribution is 7.89. The lowest BCUT2D eigenvalue weighted by atomic mass is 10.0. The normalized spacial score (nSPS) is 27.6. The molecule has 128 valence electrons. The van der Waals surface area contributed by atoms with Gasteiger partial charge in [0.25, 0.3) is 0 Å². The first kappa shape index (κ1) is 16.6. The van der Waals surface area contributed by atoms with Gasteiger partial charge in [0.1, 0.15) is 18.1 Å². The summed E-state index contributed by atoms with van der Waals surface area (Å²) in [7, 11) is -1.61. The molecule has 3 rings (SSSR count). The van der Waals surface area contributed by atoms with E-state index in [1.54, 1.807) is 25.3 Å². The van der Waals surface area contributed by atoms with Crippen LogP contribution in [0.25, 0.3) is 0 Å². The van der Waals surface area contributed by atoms with Crippen molar-refractivity contribution in [1.82, 2.24) is 4.31 Å². The molecule has 1 aromatic rings. The zero-order valence-corrected chi connectivity index (χ0v) is 14.8. The quantitative estimate of drug-likeness (QED) is 0.799. The van der Waals surface area contributed by atoms with Crippen molar-refractivity contribution in [3.05, 3.63) is 24.3 Å². The Bertz CT molecular complexity index is 641. The van der Waals surface area contributed by atoms with Crippen molar-refractivity contribution in [2.24, 2.45) is 5.92 Å². The Balaban J connectivity index is 1.72. The molecular formula is C17H25NO4S. The van der Waals surface area contributed by atoms with E-state index in [4.69, 9.17) is 9.47 Å². The second-order valence-corrected chi connectivity index (χ2v) is 9.10. The van der Waals surface area contributed by atoms with Crippen LogP contribution >= 0.6 is 0 Å². The molecular weight excluding hydrogens is 314 g/mol. The van der Waals surface area contributed by atoms with Crippen LogP contribution in [-0.4, -0.2) is 43.8 Å². The summed E-state index contributed by atoms with van der Waals surface area (Å²) in [5.41, 5.74) is 0. The van der Waals surface area contributed by atoms with Crippen LogP contribution in [0.3, 0.4) is 0 Å². The second-order valence-electron chi connectivity index (χ2n) is 6.70. The molecule has 1 aliphatic carbocycles. The van der Waals surface area contributed by atoms with Gasteiger partial charge >= 0.3 is 0 Å². The largest absolute Gasteiger partial charge is 0.497 e. The molecule has 0 N–H and O–H groups in total. The number of methoxy groups -OCH3 is 1. The summed E-state index contributed by atoms with van der Waals surface area (Å²) in [6.07, 6.45) is 3.06. The van der Waals surface area contributed by atoms with Crippen LogP contribution in [0.4, 0.5) is 0 Å². The van der Waals surface area contributed by atoms with Crippen molar-refractivity contribution in [3.63, 3.8) is 0 Å². The molecule has 0 amide bonds. The van der Waals surface area contributed by atoms with Gasteiger partial charge in [0, 0.05) is 6.04 Å². The lowest BCUT2D eigenvalue weighted by Gasteiger charge is -2.35. The first-order valence-corrected chi connectivity index (χ1v) is 9.73. The summed E-state index contributed by atoms with van der Waals surface area (Å²) in [4.78, 5) is 0. The zero-order chi connectivity index (χ0) is 16.6. The number of benzene rings is 1. The monoisotopic (exact) mass is 339 g/mol. The molecule has 2 fully saturated rings. The average molecular weight is 339 g/mol. The number of sulfonamides is 1. The third kappa shape index (κ3) is 3.06. The van der Waals surface area contributed by atoms with Crippen LogP contribution < -0.4 is 9.47 Å². The number of fused-ring (bicyclic) bond motifs is 2. The Morgan fingerprint density at radius 3 is 2.43 bits per heavy atom. The molecule has 2 aliphatic rings. The van der Waals surface area contributed by atoms with Gasteiger partial charge in [0.05, 0.1) is 18.4 Å². The molecule has 1 heterocycles. The summed E-state index contributed by atoms with van der Waals surface area (Å²) in [6, 6.07) is 7.53. The average Bonchev–Trinajstić information content (AvgIpc) is 3.14. The van der Waals surface area contributed by atoms with Gasteiger partial charge in [0.2, 0.25) is 10.0 Å². The highest BCUT2D eigenvalue weighted by Gasteiger charge is 2.51. The summed E-state index contributed by atoms with van der Waals surface area (Å²) in [5, 5.41) is -0.384. The molecule has 6 heteroatoms. The molecule has 5 nitrogen and oxygen atoms in total. The van der Waals surface area contributed by atoms with E-state index >= 15 is 0 Å². The van der Waals surface area contributed by atoms with Crippen LogP contribution in [-0.2, 0) is 10.0 Å². The standard InChI is InChI=1S/C17H25NO4S/c1-12(2)23(19,20)18-14-5-4-13(10-14)17(18)11-22-16-8-6-15(21-3)7-9-16/h6-9,12-14,17H,4-5,10-11H2,1-3H3/t13-,14-,17-/m1/s1. The van der Waals surface area contributed by atoms with Gasteiger partial charge < -0.3 is 9.47 Å². The lowest BCUT2D eigenvalue weighted by molar-refractivity contribution is 0.161. The van der Waals surface area contributed by atoms with E-state index < -0.39 is 10.0 Å². The van der Waals surface area contributed by atoms with Gasteiger partial charge in [-0.15, -0.1) is 0 Å². The van der Waals surface area contributed by atoms with Crippen molar-refractivity contribution >= 4 is 10.0 Å². The summed E-state index contributed by atoms with van der Waals surface area (Å²) in [5.74, 6) is 1.95. The summed E-state index contributed by atoms with van der Waals surface area (Å²) >= 11 is 0. The maximum absolute atomic E-state index is 12.7. The minimum atomic E-state index is -3.24. The first-order chi connectivity index (χ1) is 10.9. The minimum Gasteiger partial charge on any atom is -0.497 e. The van der Waals surface area contributed by atoms with Gasteiger partial charge in [-0.2, -0.15) is 4.31 Å². The van der Waals surface area contributed by atoms with Crippen LogP contribution in [0.2, 0.25) is 0 Å². The van der Waals surface area contributed by atoms with E-state index in [1.807, 2.05) is 24.3 Å². The molecule has 1 saturated heterocycles. The summed E-state index contributed by atoms with van der Waals surface area (Å²) < 4.78 is 38.1. The molecule has 3 atom stereocenters. The van der Waals surface area contributed by atoms with Crippen molar-refractivity contribution in [1.29, 1.82) is 0 Å². The Hall–Kier alpha value is -1.27. The maximum atomic E-state index is 12.7. The first-order valence-electron chi connectivity index (χ1n) is 8.22. The van der Waals surface area contributed by atoms with Crippen LogP contribution in [0.15, 0.2) is 24.3 Å². The fraction of sp³-hybridized carbons (Fsp3) is 0.647. The Morgan fingerprint density at radius 1 is 1.17 bits per heavy atom. The van der Waals surface area contributed by atoms with Gasteiger partial charge in [-0.3, -0.25) is 0 Å². The lowest BCUT2D eigenvalue weighted by Crippen LogP contribution is -2.50. The van der Waals surface area contributed by atoms with Crippen molar-refractivity contribution < 1.29 is 17.9 Å². The second kappa shape index (κ2) is 6.32. The van der Waals surface area contributed by atoms with Crippen molar-refractivity contribution in [2.45, 2.75) is 50.4 Å². The highest BCUT2D eigenvalue weighted by atomic mass is 32.2. The number of hydrogen-bond acceptors (Lipinski definition) is 4. The smallest absolute Gasteiger partial charge is 0.217 e. The third-order valence-corrected chi connectivity index (χ3v) is 7.39. The fourth-order valence-corrected chi connectivity index (χ4v) is 5.46. The van der Waals surface area contributed by atoms with Crippen molar-refractivity contribution in [3.8, 4) is 11.5 Å². The number of ether oxygens (including phenoxy) is 2. The molecule has 2 bridgehead atoms. The van der Waals surface area contributed by atoms with Crippen LogP contribution in [0.5, 0.6) is 11.5 Å².